The van der Waals surface area contributed by atoms with Gasteiger partial charge < -0.3 is 4.23 Å². The minimum atomic E-state index is -1.37. The van der Waals surface area contributed by atoms with E-state index in [9.17, 15) is 0 Å². The van der Waals surface area contributed by atoms with Crippen molar-refractivity contribution in [2.24, 2.45) is 0 Å². The van der Waals surface area contributed by atoms with Crippen LogP contribution in [0.25, 0.3) is 6.08 Å². The molecule has 0 aliphatic heterocycles. The summed E-state index contributed by atoms with van der Waals surface area (Å²) in [4.78, 5) is 0. The summed E-state index contributed by atoms with van der Waals surface area (Å²) in [6, 6.07) is 11.8. The minimum Gasteiger partial charge on any atom is -0.348 e. The number of hydrogen-bond donors (Lipinski definition) is 0. The fourth-order valence-electron chi connectivity index (χ4n) is 2.93. The van der Waals surface area contributed by atoms with E-state index in [1.165, 1.54) is 17.7 Å². The third-order valence-corrected chi connectivity index (χ3v) is 18.2. The Balaban J connectivity index is 2.86. The van der Waals surface area contributed by atoms with Crippen molar-refractivity contribution in [1.29, 1.82) is 0 Å². The van der Waals surface area contributed by atoms with E-state index in [0.717, 1.165) is 0 Å². The fourth-order valence-corrected chi connectivity index (χ4v) is 17.2. The van der Waals surface area contributed by atoms with E-state index in [0.29, 0.717) is 0 Å². The van der Waals surface area contributed by atoms with Gasteiger partial charge in [-0.15, -0.1) is 0 Å². The molecule has 0 amide bonds. The van der Waals surface area contributed by atoms with Gasteiger partial charge in [-0.25, -0.2) is 0 Å². The summed E-state index contributed by atoms with van der Waals surface area (Å²) in [5.41, 5.74) is 1.26. The highest BCUT2D eigenvalue weighted by Crippen LogP contribution is 2.26. The Labute approximate surface area is 141 Å². The molecule has 0 unspecified atom stereocenters. The maximum absolute atomic E-state index is 3.91. The molecule has 0 N–H and O–H groups in total. The van der Waals surface area contributed by atoms with Crippen molar-refractivity contribution in [2.75, 3.05) is 7.05 Å². The predicted molar refractivity (Wildman–Crippen MR) is 112 cm³/mol. The van der Waals surface area contributed by atoms with Crippen LogP contribution in [0.4, 0.5) is 0 Å². The first-order valence-electron chi connectivity index (χ1n) is 8.37. The van der Waals surface area contributed by atoms with E-state index in [1.807, 2.05) is 6.08 Å². The van der Waals surface area contributed by atoms with Gasteiger partial charge in [0.15, 0.2) is 0 Å². The lowest BCUT2D eigenvalue weighted by molar-refractivity contribution is 0.746. The molecule has 0 atom stereocenters. The van der Waals surface area contributed by atoms with Crippen LogP contribution in [-0.4, -0.2) is 35.8 Å². The van der Waals surface area contributed by atoms with Crippen LogP contribution in [-0.2, 0) is 0 Å². The minimum absolute atomic E-state index is 1.19. The maximum atomic E-state index is 3.91. The molecule has 0 saturated heterocycles. The molecule has 0 spiro atoms. The lowest BCUT2D eigenvalue weighted by Crippen LogP contribution is -2.59. The highest BCUT2D eigenvalue weighted by Gasteiger charge is 2.36. The summed E-state index contributed by atoms with van der Waals surface area (Å²) in [5.74, 6) is 0. The summed E-state index contributed by atoms with van der Waals surface area (Å²) in [6.07, 6.45) is 1.96. The van der Waals surface area contributed by atoms with Crippen LogP contribution in [0, 0.1) is 0 Å². The zero-order valence-corrected chi connectivity index (χ0v) is 19.0. The van der Waals surface area contributed by atoms with Crippen LogP contribution in [0.3, 0.4) is 0 Å². The second-order valence-corrected chi connectivity index (χ2v) is 23.9. The van der Waals surface area contributed by atoms with E-state index < -0.39 is 24.5 Å². The monoisotopic (exact) mass is 349 g/mol. The third-order valence-electron chi connectivity index (χ3n) is 5.18. The number of rotatable bonds is 7. The molecular weight excluding hydrogens is 314 g/mol. The maximum Gasteiger partial charge on any atom is 0.115 e. The second-order valence-electron chi connectivity index (χ2n) is 8.76. The predicted octanol–water partition coefficient (Wildman–Crippen LogP) is 5.22. The summed E-state index contributed by atoms with van der Waals surface area (Å²) in [6.45, 7) is 21.5. The lowest BCUT2D eigenvalue weighted by Gasteiger charge is -2.43. The van der Waals surface area contributed by atoms with E-state index in [1.54, 1.807) is 5.19 Å². The summed E-state index contributed by atoms with van der Waals surface area (Å²) < 4.78 is 2.80. The van der Waals surface area contributed by atoms with Gasteiger partial charge >= 0.3 is 0 Å². The van der Waals surface area contributed by atoms with Gasteiger partial charge in [-0.2, -0.15) is 0 Å². The molecule has 0 aromatic heterocycles. The first kappa shape index (κ1) is 19.6. The Bertz CT molecular complexity index is 515. The molecule has 22 heavy (non-hydrogen) atoms. The molecule has 0 fully saturated rings. The van der Waals surface area contributed by atoms with Crippen molar-refractivity contribution in [3.63, 3.8) is 0 Å². The summed E-state index contributed by atoms with van der Waals surface area (Å²) >= 11 is 0. The molecule has 0 bridgehead atoms. The molecule has 4 heteroatoms. The largest absolute Gasteiger partial charge is 0.348 e. The SMILES string of the molecule is C=Cc1cccc([Si](C)(C)CC[Si](C)(C)N(C)[Si](C)(C)C)c1. The van der Waals surface area contributed by atoms with Gasteiger partial charge in [-0.3, -0.25) is 0 Å². The number of hydrogen-bond acceptors (Lipinski definition) is 1. The van der Waals surface area contributed by atoms with E-state index in [-0.39, 0.29) is 0 Å². The molecule has 0 heterocycles. The van der Waals surface area contributed by atoms with E-state index in [2.05, 4.69) is 88.0 Å². The zero-order valence-electron chi connectivity index (χ0n) is 16.0. The molecule has 0 aliphatic carbocycles. The van der Waals surface area contributed by atoms with Gasteiger partial charge in [0.1, 0.15) is 16.5 Å². The molecule has 1 aromatic rings. The second kappa shape index (κ2) is 6.99. The van der Waals surface area contributed by atoms with Crippen LogP contribution in [0.15, 0.2) is 30.8 Å². The molecule has 124 valence electrons. The highest BCUT2D eigenvalue weighted by atomic mass is 28.4. The van der Waals surface area contributed by atoms with Crippen molar-refractivity contribution < 1.29 is 0 Å². The molecule has 1 rings (SSSR count). The van der Waals surface area contributed by atoms with Gasteiger partial charge in [0.25, 0.3) is 0 Å². The summed E-state index contributed by atoms with van der Waals surface area (Å²) in [7, 11) is -1.47. The van der Waals surface area contributed by atoms with Gasteiger partial charge in [0.05, 0.1) is 8.07 Å². The number of nitrogens with zero attached hydrogens (tertiary/aromatic N) is 1. The van der Waals surface area contributed by atoms with Gasteiger partial charge in [-0.05, 0) is 18.7 Å². The van der Waals surface area contributed by atoms with Crippen LogP contribution in [0.1, 0.15) is 5.56 Å². The Morgan fingerprint density at radius 1 is 1.00 bits per heavy atom. The smallest absolute Gasteiger partial charge is 0.115 e. The van der Waals surface area contributed by atoms with Gasteiger partial charge in [-0.1, -0.05) is 94.0 Å². The van der Waals surface area contributed by atoms with Gasteiger partial charge in [0.2, 0.25) is 0 Å². The molecule has 1 nitrogen and oxygen atoms in total. The number of benzene rings is 1. The molecule has 0 saturated carbocycles. The Morgan fingerprint density at radius 3 is 2.09 bits per heavy atom. The zero-order chi connectivity index (χ0) is 17.2. The third kappa shape index (κ3) is 5.05. The molecule has 0 aliphatic rings. The summed E-state index contributed by atoms with van der Waals surface area (Å²) in [5, 5.41) is 1.57. The normalized spacial score (nSPS) is 13.5. The van der Waals surface area contributed by atoms with Crippen molar-refractivity contribution in [3.8, 4) is 0 Å². The van der Waals surface area contributed by atoms with Gasteiger partial charge in [0, 0.05) is 0 Å². The van der Waals surface area contributed by atoms with Crippen molar-refractivity contribution in [1.82, 2.24) is 4.23 Å². The average molecular weight is 350 g/mol. The van der Waals surface area contributed by atoms with Crippen molar-refractivity contribution >= 4 is 35.8 Å². The van der Waals surface area contributed by atoms with Crippen molar-refractivity contribution in [3.05, 3.63) is 36.4 Å². The first-order valence-corrected chi connectivity index (χ1v) is 18.2. The standard InChI is InChI=1S/C18H35NSi3/c1-10-17-12-11-13-18(16-17)21(6,7)14-15-22(8,9)19(2)20(3,4)5/h10-13,16H,1,14-15H2,2-9H3. The average Bonchev–Trinajstić information content (AvgIpc) is 2.43. The quantitative estimate of drug-likeness (QED) is 0.610. The molecular formula is C18H35NSi3. The van der Waals surface area contributed by atoms with E-state index >= 15 is 0 Å². The Hall–Kier alpha value is -0.429. The Kier molecular flexibility index (Phi) is 6.23. The highest BCUT2D eigenvalue weighted by molar-refractivity contribution is 6.93. The Morgan fingerprint density at radius 2 is 1.59 bits per heavy atom. The van der Waals surface area contributed by atoms with Crippen molar-refractivity contribution in [2.45, 2.75) is 57.9 Å². The lowest BCUT2D eigenvalue weighted by atomic mass is 10.2. The van der Waals surface area contributed by atoms with Crippen LogP contribution in [0.2, 0.25) is 57.9 Å². The molecule has 1 aromatic carbocycles. The van der Waals surface area contributed by atoms with E-state index in [4.69, 9.17) is 0 Å². The molecule has 0 radical (unpaired) electrons. The van der Waals surface area contributed by atoms with Crippen LogP contribution < -0.4 is 5.19 Å². The van der Waals surface area contributed by atoms with Crippen LogP contribution in [0.5, 0.6) is 0 Å². The fraction of sp³-hybridized carbons (Fsp3) is 0.556. The first-order chi connectivity index (χ1) is 9.90. The topological polar surface area (TPSA) is 3.24 Å². The van der Waals surface area contributed by atoms with Crippen LogP contribution >= 0.6 is 0 Å².